The van der Waals surface area contributed by atoms with Crippen LogP contribution in [0.3, 0.4) is 0 Å². The van der Waals surface area contributed by atoms with Crippen LogP contribution in [0.2, 0.25) is 0 Å². The number of halogens is 1. The van der Waals surface area contributed by atoms with Crippen molar-refractivity contribution in [1.29, 1.82) is 0 Å². The number of nitrogens with zero attached hydrogens (tertiary/aromatic N) is 4. The quantitative estimate of drug-likeness (QED) is 0.167. The third kappa shape index (κ3) is 6.72. The number of amides is 1. The summed E-state index contributed by atoms with van der Waals surface area (Å²) in [5.41, 5.74) is 6.86. The number of aromatic nitrogens is 3. The maximum atomic E-state index is 14.5. The molecule has 7 heteroatoms. The Bertz CT molecular complexity index is 1700. The predicted octanol–water partition coefficient (Wildman–Crippen LogP) is 7.82. The van der Waals surface area contributed by atoms with Gasteiger partial charge in [0.05, 0.1) is 37.1 Å². The van der Waals surface area contributed by atoms with E-state index in [9.17, 15) is 9.18 Å². The highest BCUT2D eigenvalue weighted by Gasteiger charge is 2.32. The van der Waals surface area contributed by atoms with E-state index in [-0.39, 0.29) is 23.6 Å². The zero-order chi connectivity index (χ0) is 30.5. The molecule has 1 atom stereocenters. The standard InChI is InChI=1S/C37H37FN4O2/c1-26(2)35-19-18-31(21-39-35)42(24-29-20-40-41(23-29)22-27-14-16-30(38)17-15-27)37(43)34-12-6-11-33-32(34)10-7-13-36(33)44-25-28-8-4-3-5-9-28/h3-5,7-10,13-21,23,26,34H,6,11-12,22,24-25H2,1-2H3. The SMILES string of the molecule is CC(C)c1ccc(N(Cc2cnn(Cc3ccc(F)cc3)c2)C(=O)C2CCCc3c(OCc4ccccc4)cccc32)cn1. The molecule has 2 aromatic heterocycles. The minimum Gasteiger partial charge on any atom is -0.489 e. The van der Waals surface area contributed by atoms with Crippen LogP contribution < -0.4 is 9.64 Å². The molecule has 6 nitrogen and oxygen atoms in total. The molecule has 2 heterocycles. The molecule has 224 valence electrons. The van der Waals surface area contributed by atoms with Gasteiger partial charge in [0.15, 0.2) is 0 Å². The largest absolute Gasteiger partial charge is 0.489 e. The summed E-state index contributed by atoms with van der Waals surface area (Å²) in [4.78, 5) is 21.0. The second-order valence-corrected chi connectivity index (χ2v) is 11.7. The molecule has 1 amide bonds. The summed E-state index contributed by atoms with van der Waals surface area (Å²) in [5.74, 6) is 0.618. The highest BCUT2D eigenvalue weighted by molar-refractivity contribution is 5.98. The van der Waals surface area contributed by atoms with Gasteiger partial charge in [-0.25, -0.2) is 4.39 Å². The molecule has 0 spiro atoms. The van der Waals surface area contributed by atoms with Crippen molar-refractivity contribution in [3.05, 3.63) is 143 Å². The normalized spacial score (nSPS) is 14.3. The number of benzene rings is 3. The smallest absolute Gasteiger partial charge is 0.234 e. The van der Waals surface area contributed by atoms with Gasteiger partial charge >= 0.3 is 0 Å². The number of anilines is 1. The molecule has 5 aromatic rings. The van der Waals surface area contributed by atoms with Gasteiger partial charge in [-0.2, -0.15) is 5.10 Å². The van der Waals surface area contributed by atoms with Crippen molar-refractivity contribution in [2.24, 2.45) is 0 Å². The lowest BCUT2D eigenvalue weighted by Gasteiger charge is -2.31. The van der Waals surface area contributed by atoms with Gasteiger partial charge in [-0.15, -0.1) is 0 Å². The van der Waals surface area contributed by atoms with Crippen molar-refractivity contribution in [1.82, 2.24) is 14.8 Å². The Balaban J connectivity index is 1.27. The average molecular weight is 589 g/mol. The van der Waals surface area contributed by atoms with Crippen LogP contribution in [0.25, 0.3) is 0 Å². The van der Waals surface area contributed by atoms with Crippen LogP contribution in [-0.4, -0.2) is 20.7 Å². The first-order valence-corrected chi connectivity index (χ1v) is 15.3. The van der Waals surface area contributed by atoms with E-state index in [1.54, 1.807) is 24.5 Å². The van der Waals surface area contributed by atoms with Gasteiger partial charge in [-0.3, -0.25) is 14.5 Å². The zero-order valence-electron chi connectivity index (χ0n) is 25.2. The molecule has 1 aliphatic rings. The van der Waals surface area contributed by atoms with Gasteiger partial charge < -0.3 is 9.64 Å². The van der Waals surface area contributed by atoms with Crippen molar-refractivity contribution >= 4 is 11.6 Å². The zero-order valence-corrected chi connectivity index (χ0v) is 25.2. The highest BCUT2D eigenvalue weighted by Crippen LogP contribution is 2.39. The Morgan fingerprint density at radius 3 is 2.52 bits per heavy atom. The van der Waals surface area contributed by atoms with Crippen molar-refractivity contribution in [2.75, 3.05) is 4.90 Å². The summed E-state index contributed by atoms with van der Waals surface area (Å²) in [6.07, 6.45) is 8.10. The minimum absolute atomic E-state index is 0.0385. The molecular formula is C37H37FN4O2. The topological polar surface area (TPSA) is 60.2 Å². The summed E-state index contributed by atoms with van der Waals surface area (Å²) in [6.45, 7) is 5.58. The lowest BCUT2D eigenvalue weighted by atomic mass is 9.81. The second-order valence-electron chi connectivity index (χ2n) is 11.7. The van der Waals surface area contributed by atoms with E-state index in [1.807, 2.05) is 58.2 Å². The molecule has 0 bridgehead atoms. The maximum absolute atomic E-state index is 14.5. The van der Waals surface area contributed by atoms with Gasteiger partial charge in [0.1, 0.15) is 18.2 Å². The number of fused-ring (bicyclic) bond motifs is 1. The number of hydrogen-bond acceptors (Lipinski definition) is 4. The van der Waals surface area contributed by atoms with Crippen molar-refractivity contribution < 1.29 is 13.9 Å². The number of ether oxygens (including phenoxy) is 1. The first-order chi connectivity index (χ1) is 21.4. The number of carbonyl (C=O) groups is 1. The predicted molar refractivity (Wildman–Crippen MR) is 170 cm³/mol. The van der Waals surface area contributed by atoms with Gasteiger partial charge in [-0.1, -0.05) is 68.4 Å². The first-order valence-electron chi connectivity index (χ1n) is 15.3. The molecule has 0 radical (unpaired) electrons. The fraction of sp³-hybridized carbons (Fsp3) is 0.270. The van der Waals surface area contributed by atoms with E-state index in [4.69, 9.17) is 4.74 Å². The van der Waals surface area contributed by atoms with Crippen LogP contribution in [0.1, 0.15) is 72.0 Å². The third-order valence-corrected chi connectivity index (χ3v) is 8.22. The third-order valence-electron chi connectivity index (χ3n) is 8.22. The summed E-state index contributed by atoms with van der Waals surface area (Å²) >= 11 is 0. The summed E-state index contributed by atoms with van der Waals surface area (Å²) in [5, 5.41) is 4.54. The van der Waals surface area contributed by atoms with Crippen LogP contribution in [0.4, 0.5) is 10.1 Å². The van der Waals surface area contributed by atoms with Crippen LogP contribution in [0.15, 0.2) is 104 Å². The Hall–Kier alpha value is -4.78. The lowest BCUT2D eigenvalue weighted by Crippen LogP contribution is -2.36. The van der Waals surface area contributed by atoms with Gasteiger partial charge in [0.2, 0.25) is 5.91 Å². The molecule has 0 saturated carbocycles. The fourth-order valence-corrected chi connectivity index (χ4v) is 5.86. The first kappa shape index (κ1) is 29.3. The average Bonchev–Trinajstić information content (AvgIpc) is 3.50. The van der Waals surface area contributed by atoms with Crippen LogP contribution in [0.5, 0.6) is 5.75 Å². The summed E-state index contributed by atoms with van der Waals surface area (Å²) < 4.78 is 21.5. The number of pyridine rings is 1. The van der Waals surface area contributed by atoms with Crippen LogP contribution >= 0.6 is 0 Å². The van der Waals surface area contributed by atoms with E-state index in [0.717, 1.165) is 64.2 Å². The second kappa shape index (κ2) is 13.2. The van der Waals surface area contributed by atoms with E-state index in [0.29, 0.717) is 19.7 Å². The van der Waals surface area contributed by atoms with E-state index in [1.165, 1.54) is 12.1 Å². The minimum atomic E-state index is -0.293. The molecule has 0 N–H and O–H groups in total. The van der Waals surface area contributed by atoms with E-state index < -0.39 is 0 Å². The van der Waals surface area contributed by atoms with Crippen LogP contribution in [-0.2, 0) is 30.9 Å². The molecule has 0 saturated heterocycles. The van der Waals surface area contributed by atoms with E-state index in [2.05, 4.69) is 42.1 Å². The Morgan fingerprint density at radius 1 is 0.955 bits per heavy atom. The van der Waals surface area contributed by atoms with Crippen molar-refractivity contribution in [2.45, 2.75) is 64.6 Å². The molecular weight excluding hydrogens is 551 g/mol. The van der Waals surface area contributed by atoms with Gasteiger partial charge in [0, 0.05) is 17.5 Å². The molecule has 0 fully saturated rings. The van der Waals surface area contributed by atoms with Gasteiger partial charge in [0.25, 0.3) is 0 Å². The van der Waals surface area contributed by atoms with Crippen molar-refractivity contribution in [3.8, 4) is 5.75 Å². The highest BCUT2D eigenvalue weighted by atomic mass is 19.1. The summed E-state index contributed by atoms with van der Waals surface area (Å²) in [6, 6.07) is 26.6. The van der Waals surface area contributed by atoms with E-state index >= 15 is 0 Å². The number of carbonyl (C=O) groups excluding carboxylic acids is 1. The maximum Gasteiger partial charge on any atom is 0.234 e. The molecule has 1 aliphatic carbocycles. The van der Waals surface area contributed by atoms with Gasteiger partial charge in [-0.05, 0) is 77.8 Å². The summed E-state index contributed by atoms with van der Waals surface area (Å²) in [7, 11) is 0. The van der Waals surface area contributed by atoms with Crippen molar-refractivity contribution in [3.63, 3.8) is 0 Å². The Morgan fingerprint density at radius 2 is 1.77 bits per heavy atom. The number of rotatable bonds is 10. The molecule has 44 heavy (non-hydrogen) atoms. The van der Waals surface area contributed by atoms with Crippen LogP contribution in [0, 0.1) is 5.82 Å². The molecule has 6 rings (SSSR count). The molecule has 3 aromatic carbocycles. The lowest BCUT2D eigenvalue weighted by molar-refractivity contribution is -0.120. The Kier molecular flexibility index (Phi) is 8.82. The molecule has 1 unspecified atom stereocenters. The monoisotopic (exact) mass is 588 g/mol. The fourth-order valence-electron chi connectivity index (χ4n) is 5.86. The Labute approximate surface area is 258 Å². The number of hydrogen-bond donors (Lipinski definition) is 0. The molecule has 0 aliphatic heterocycles.